The molecule has 0 amide bonds. The van der Waals surface area contributed by atoms with Crippen molar-refractivity contribution in [1.82, 2.24) is 0 Å². The zero-order chi connectivity index (χ0) is 10.7. The summed E-state index contributed by atoms with van der Waals surface area (Å²) in [7, 11) is 0. The van der Waals surface area contributed by atoms with E-state index in [1.165, 1.54) is 6.92 Å². The molecule has 0 bridgehead atoms. The van der Waals surface area contributed by atoms with Gasteiger partial charge in [0.2, 0.25) is 0 Å². The summed E-state index contributed by atoms with van der Waals surface area (Å²) in [5, 5.41) is 0.529. The Kier molecular flexibility index (Phi) is 4.24. The van der Waals surface area contributed by atoms with E-state index in [1.807, 2.05) is 0 Å². The molecule has 0 radical (unpaired) electrons. The number of alkyl halides is 1. The van der Waals surface area contributed by atoms with E-state index in [2.05, 4.69) is 0 Å². The van der Waals surface area contributed by atoms with Crippen molar-refractivity contribution in [2.75, 3.05) is 0 Å². The molecule has 0 saturated carbocycles. The molecule has 0 heterocycles. The summed E-state index contributed by atoms with van der Waals surface area (Å²) >= 11 is 17.7. The van der Waals surface area contributed by atoms with E-state index in [1.54, 1.807) is 18.2 Å². The first-order valence-corrected chi connectivity index (χ1v) is 5.29. The van der Waals surface area contributed by atoms with Crippen LogP contribution in [0.5, 0.6) is 0 Å². The van der Waals surface area contributed by atoms with Crippen LogP contribution in [0.3, 0.4) is 0 Å². The number of benzene rings is 1. The number of halogens is 3. The number of ketones is 1. The smallest absolute Gasteiger partial charge is 0.147 e. The van der Waals surface area contributed by atoms with Gasteiger partial charge in [0.05, 0.1) is 5.38 Å². The molecule has 0 spiro atoms. The zero-order valence-corrected chi connectivity index (χ0v) is 9.83. The third-order valence-electron chi connectivity index (χ3n) is 1.89. The highest BCUT2D eigenvalue weighted by atomic mass is 35.5. The minimum atomic E-state index is -0.563. The maximum atomic E-state index is 11.0. The van der Waals surface area contributed by atoms with Crippen LogP contribution in [0.1, 0.15) is 12.5 Å². The van der Waals surface area contributed by atoms with Crippen molar-refractivity contribution in [3.8, 4) is 0 Å². The van der Waals surface area contributed by atoms with Gasteiger partial charge in [0, 0.05) is 10.0 Å². The van der Waals surface area contributed by atoms with E-state index in [0.29, 0.717) is 16.5 Å². The topological polar surface area (TPSA) is 17.1 Å². The average molecular weight is 252 g/mol. The normalized spacial score (nSPS) is 12.6. The molecule has 1 unspecified atom stereocenters. The van der Waals surface area contributed by atoms with Gasteiger partial charge in [-0.25, -0.2) is 0 Å². The summed E-state index contributed by atoms with van der Waals surface area (Å²) in [5.74, 6) is -0.0809. The maximum Gasteiger partial charge on any atom is 0.147 e. The first kappa shape index (κ1) is 11.8. The van der Waals surface area contributed by atoms with Crippen LogP contribution < -0.4 is 0 Å². The molecule has 76 valence electrons. The first-order valence-electron chi connectivity index (χ1n) is 4.09. The molecule has 14 heavy (non-hydrogen) atoms. The Morgan fingerprint density at radius 1 is 1.36 bits per heavy atom. The van der Waals surface area contributed by atoms with Gasteiger partial charge < -0.3 is 0 Å². The molecule has 1 aromatic carbocycles. The Bertz CT molecular complexity index is 329. The monoisotopic (exact) mass is 250 g/mol. The fourth-order valence-corrected chi connectivity index (χ4v) is 1.76. The Morgan fingerprint density at radius 2 is 1.86 bits per heavy atom. The summed E-state index contributed by atoms with van der Waals surface area (Å²) in [5.41, 5.74) is 0.728. The number of rotatable bonds is 3. The SMILES string of the molecule is CC(=O)C(Cl)Cc1c(Cl)cccc1Cl. The lowest BCUT2D eigenvalue weighted by Crippen LogP contribution is -2.13. The van der Waals surface area contributed by atoms with Crippen molar-refractivity contribution >= 4 is 40.6 Å². The van der Waals surface area contributed by atoms with Crippen LogP contribution in [0.15, 0.2) is 18.2 Å². The van der Waals surface area contributed by atoms with Gasteiger partial charge in [0.1, 0.15) is 5.78 Å². The van der Waals surface area contributed by atoms with Crippen molar-refractivity contribution < 1.29 is 4.79 Å². The van der Waals surface area contributed by atoms with Crippen LogP contribution in [-0.2, 0) is 11.2 Å². The Labute approximate surface area is 98.0 Å². The van der Waals surface area contributed by atoms with E-state index < -0.39 is 5.38 Å². The van der Waals surface area contributed by atoms with Crippen molar-refractivity contribution in [2.24, 2.45) is 0 Å². The predicted octanol–water partition coefficient (Wildman–Crippen LogP) is 3.73. The Morgan fingerprint density at radius 3 is 2.29 bits per heavy atom. The van der Waals surface area contributed by atoms with Crippen LogP contribution in [-0.4, -0.2) is 11.2 Å². The standard InChI is InChI=1S/C10H9Cl3O/c1-6(14)10(13)5-7-8(11)3-2-4-9(7)12/h2-4,10H,5H2,1H3. The second kappa shape index (κ2) is 5.01. The molecular weight excluding hydrogens is 242 g/mol. The minimum Gasteiger partial charge on any atom is -0.298 e. The van der Waals surface area contributed by atoms with E-state index >= 15 is 0 Å². The number of Topliss-reactive ketones (excluding diaryl/α,β-unsaturated/α-hetero) is 1. The van der Waals surface area contributed by atoms with Gasteiger partial charge >= 0.3 is 0 Å². The Balaban J connectivity index is 2.91. The Hall–Kier alpha value is -0.240. The predicted molar refractivity (Wildman–Crippen MR) is 60.5 cm³/mol. The number of carbonyl (C=O) groups is 1. The summed E-state index contributed by atoms with van der Waals surface area (Å²) in [4.78, 5) is 11.0. The van der Waals surface area contributed by atoms with E-state index in [4.69, 9.17) is 34.8 Å². The van der Waals surface area contributed by atoms with Gasteiger partial charge in [-0.05, 0) is 31.0 Å². The lowest BCUT2D eigenvalue weighted by molar-refractivity contribution is -0.116. The fourth-order valence-electron chi connectivity index (χ4n) is 1.05. The van der Waals surface area contributed by atoms with Gasteiger partial charge in [0.15, 0.2) is 0 Å². The molecular formula is C10H9Cl3O. The second-order valence-electron chi connectivity index (χ2n) is 2.98. The van der Waals surface area contributed by atoms with Crippen LogP contribution >= 0.6 is 34.8 Å². The number of carbonyl (C=O) groups excluding carboxylic acids is 1. The summed E-state index contributed by atoms with van der Waals surface area (Å²) < 4.78 is 0. The number of hydrogen-bond donors (Lipinski definition) is 0. The van der Waals surface area contributed by atoms with Gasteiger partial charge in [-0.2, -0.15) is 0 Å². The largest absolute Gasteiger partial charge is 0.298 e. The molecule has 1 nitrogen and oxygen atoms in total. The third kappa shape index (κ3) is 2.88. The second-order valence-corrected chi connectivity index (χ2v) is 4.32. The van der Waals surface area contributed by atoms with Gasteiger partial charge in [-0.15, -0.1) is 11.6 Å². The molecule has 1 aromatic rings. The molecule has 4 heteroatoms. The molecule has 0 saturated heterocycles. The lowest BCUT2D eigenvalue weighted by Gasteiger charge is -2.09. The summed E-state index contributed by atoms with van der Waals surface area (Å²) in [6.45, 7) is 1.45. The molecule has 0 N–H and O–H groups in total. The van der Waals surface area contributed by atoms with Gasteiger partial charge in [-0.3, -0.25) is 4.79 Å². The fraction of sp³-hybridized carbons (Fsp3) is 0.300. The zero-order valence-electron chi connectivity index (χ0n) is 7.56. The molecule has 0 aliphatic heterocycles. The van der Waals surface area contributed by atoms with Crippen LogP contribution in [0.2, 0.25) is 10.0 Å². The minimum absolute atomic E-state index is 0.0809. The highest BCUT2D eigenvalue weighted by molar-refractivity contribution is 6.36. The molecule has 0 aromatic heterocycles. The van der Waals surface area contributed by atoms with E-state index in [0.717, 1.165) is 5.56 Å². The maximum absolute atomic E-state index is 11.0. The lowest BCUT2D eigenvalue weighted by atomic mass is 10.1. The molecule has 1 atom stereocenters. The molecule has 1 rings (SSSR count). The van der Waals surface area contributed by atoms with Crippen LogP contribution in [0, 0.1) is 0 Å². The van der Waals surface area contributed by atoms with Crippen molar-refractivity contribution in [1.29, 1.82) is 0 Å². The van der Waals surface area contributed by atoms with Gasteiger partial charge in [-0.1, -0.05) is 29.3 Å². The van der Waals surface area contributed by atoms with E-state index in [-0.39, 0.29) is 5.78 Å². The van der Waals surface area contributed by atoms with Gasteiger partial charge in [0.25, 0.3) is 0 Å². The highest BCUT2D eigenvalue weighted by Crippen LogP contribution is 2.26. The average Bonchev–Trinajstić information content (AvgIpc) is 2.11. The molecule has 0 fully saturated rings. The quantitative estimate of drug-likeness (QED) is 0.748. The first-order chi connectivity index (χ1) is 6.52. The summed E-state index contributed by atoms with van der Waals surface area (Å²) in [6.07, 6.45) is 0.370. The molecule has 0 aliphatic rings. The number of hydrogen-bond acceptors (Lipinski definition) is 1. The summed E-state index contributed by atoms with van der Waals surface area (Å²) in [6, 6.07) is 5.21. The molecule has 0 aliphatic carbocycles. The van der Waals surface area contributed by atoms with Crippen LogP contribution in [0.4, 0.5) is 0 Å². The van der Waals surface area contributed by atoms with Crippen molar-refractivity contribution in [3.63, 3.8) is 0 Å². The van der Waals surface area contributed by atoms with Crippen molar-refractivity contribution in [3.05, 3.63) is 33.8 Å². The van der Waals surface area contributed by atoms with Crippen LogP contribution in [0.25, 0.3) is 0 Å². The van der Waals surface area contributed by atoms with Crippen molar-refractivity contribution in [2.45, 2.75) is 18.7 Å². The van der Waals surface area contributed by atoms with E-state index in [9.17, 15) is 4.79 Å². The third-order valence-corrected chi connectivity index (χ3v) is 3.06. The highest BCUT2D eigenvalue weighted by Gasteiger charge is 2.15.